The van der Waals surface area contributed by atoms with E-state index >= 15 is 0 Å². The number of H-pyrrole nitrogens is 1. The number of aromatic nitrogens is 4. The summed E-state index contributed by atoms with van der Waals surface area (Å²) in [6.45, 7) is 1.45. The van der Waals surface area contributed by atoms with Gasteiger partial charge < -0.3 is 10.3 Å². The molecule has 2 aromatic carbocycles. The van der Waals surface area contributed by atoms with Crippen molar-refractivity contribution < 1.29 is 4.79 Å². The highest BCUT2D eigenvalue weighted by molar-refractivity contribution is 6.04. The lowest BCUT2D eigenvalue weighted by molar-refractivity contribution is -0.114. The van der Waals surface area contributed by atoms with Gasteiger partial charge in [0.1, 0.15) is 11.0 Å². The van der Waals surface area contributed by atoms with Crippen LogP contribution in [0.4, 0.5) is 5.69 Å². The zero-order valence-electron chi connectivity index (χ0n) is 13.8. The second kappa shape index (κ2) is 6.25. The van der Waals surface area contributed by atoms with E-state index in [-0.39, 0.29) is 11.5 Å². The van der Waals surface area contributed by atoms with Crippen LogP contribution in [0.25, 0.3) is 21.9 Å². The predicted octanol–water partition coefficient (Wildman–Crippen LogP) is 2.11. The molecule has 0 atom stereocenters. The molecule has 0 saturated heterocycles. The maximum Gasteiger partial charge on any atom is 0.315 e. The molecule has 26 heavy (non-hydrogen) atoms. The van der Waals surface area contributed by atoms with Crippen molar-refractivity contribution in [3.05, 3.63) is 64.4 Å². The third-order valence-corrected chi connectivity index (χ3v) is 3.85. The van der Waals surface area contributed by atoms with Crippen LogP contribution in [0.2, 0.25) is 0 Å². The molecule has 1 amide bonds. The number of benzene rings is 2. The normalized spacial score (nSPS) is 11.4. The topological polar surface area (TPSA) is 105 Å². The van der Waals surface area contributed by atoms with E-state index in [1.54, 1.807) is 24.3 Å². The molecule has 8 heteroatoms. The number of para-hydroxylation sites is 1. The van der Waals surface area contributed by atoms with Crippen molar-refractivity contribution in [2.75, 3.05) is 5.32 Å². The highest BCUT2D eigenvalue weighted by atomic mass is 16.1. The van der Waals surface area contributed by atoms with Crippen molar-refractivity contribution in [1.82, 2.24) is 20.1 Å². The summed E-state index contributed by atoms with van der Waals surface area (Å²) in [6, 6.07) is 14.6. The molecular formula is C18H14N6O2. The molecule has 4 rings (SSSR count). The largest absolute Gasteiger partial charge is 0.348 e. The average Bonchev–Trinajstić information content (AvgIpc) is 3.02. The predicted molar refractivity (Wildman–Crippen MR) is 99.4 cm³/mol. The molecule has 4 aromatic rings. The van der Waals surface area contributed by atoms with Crippen LogP contribution >= 0.6 is 0 Å². The summed E-state index contributed by atoms with van der Waals surface area (Å²) in [5.74, 6) is -0.139. The summed E-state index contributed by atoms with van der Waals surface area (Å²) < 4.78 is 0. The van der Waals surface area contributed by atoms with Gasteiger partial charge in [-0.15, -0.1) is 5.10 Å². The fourth-order valence-corrected chi connectivity index (χ4v) is 2.67. The minimum Gasteiger partial charge on any atom is -0.348 e. The number of aromatic amines is 1. The number of hydrogen-bond donors (Lipinski definition) is 2. The van der Waals surface area contributed by atoms with E-state index < -0.39 is 0 Å². The van der Waals surface area contributed by atoms with E-state index in [9.17, 15) is 9.59 Å². The molecule has 8 nitrogen and oxygen atoms in total. The number of anilines is 1. The third kappa shape index (κ3) is 2.84. The van der Waals surface area contributed by atoms with Gasteiger partial charge in [0, 0.05) is 23.5 Å². The van der Waals surface area contributed by atoms with Gasteiger partial charge in [-0.3, -0.25) is 9.59 Å². The Hall–Kier alpha value is -3.81. The van der Waals surface area contributed by atoms with E-state index in [1.165, 1.54) is 13.1 Å². The first-order chi connectivity index (χ1) is 12.6. The van der Waals surface area contributed by atoms with Crippen molar-refractivity contribution in [3.8, 4) is 0 Å². The molecule has 0 saturated carbocycles. The summed E-state index contributed by atoms with van der Waals surface area (Å²) >= 11 is 0. The first-order valence-corrected chi connectivity index (χ1v) is 7.90. The maximum atomic E-state index is 12.6. The number of carbonyl (C=O) groups is 1. The highest BCUT2D eigenvalue weighted by Gasteiger charge is 2.11. The highest BCUT2D eigenvalue weighted by Crippen LogP contribution is 2.19. The van der Waals surface area contributed by atoms with E-state index in [0.717, 1.165) is 21.3 Å². The molecule has 128 valence electrons. The summed E-state index contributed by atoms with van der Waals surface area (Å²) in [6.07, 6.45) is 1.50. The second-order valence-electron chi connectivity index (χ2n) is 5.73. The molecule has 2 aromatic heterocycles. The first-order valence-electron chi connectivity index (χ1n) is 7.90. The average molecular weight is 346 g/mol. The molecule has 0 spiro atoms. The molecule has 0 radical (unpaired) electrons. The smallest absolute Gasteiger partial charge is 0.315 e. The van der Waals surface area contributed by atoms with Crippen molar-refractivity contribution in [2.24, 2.45) is 5.10 Å². The SMILES string of the molecule is CC(=O)Nc1ccc(/C=N/n2nnc3c([nH]c4ccccc43)c2=O)cc1. The zero-order chi connectivity index (χ0) is 18.1. The Morgan fingerprint density at radius 3 is 2.73 bits per heavy atom. The van der Waals surface area contributed by atoms with E-state index in [4.69, 9.17) is 0 Å². The lowest BCUT2D eigenvalue weighted by atomic mass is 10.2. The van der Waals surface area contributed by atoms with Crippen molar-refractivity contribution in [2.45, 2.75) is 6.92 Å². The standard InChI is InChI=1S/C18H14N6O2/c1-11(25)20-13-8-6-12(7-9-13)10-19-24-18(26)17-16(22-23-24)14-4-2-3-5-15(14)21-17/h2-10,21H,1H3,(H,20,25)/b19-10+. The van der Waals surface area contributed by atoms with Crippen LogP contribution in [0.3, 0.4) is 0 Å². The fraction of sp³-hybridized carbons (Fsp3) is 0.0556. The van der Waals surface area contributed by atoms with Gasteiger partial charge >= 0.3 is 5.56 Å². The van der Waals surface area contributed by atoms with Gasteiger partial charge in [-0.2, -0.15) is 5.10 Å². The van der Waals surface area contributed by atoms with Gasteiger partial charge in [-0.25, -0.2) is 0 Å². The van der Waals surface area contributed by atoms with Gasteiger partial charge in [0.05, 0.1) is 6.21 Å². The molecule has 2 N–H and O–H groups in total. The number of rotatable bonds is 3. The van der Waals surface area contributed by atoms with Gasteiger partial charge in [-0.1, -0.05) is 35.1 Å². The maximum absolute atomic E-state index is 12.6. The van der Waals surface area contributed by atoms with Crippen LogP contribution in [0.15, 0.2) is 58.4 Å². The van der Waals surface area contributed by atoms with Crippen LogP contribution in [-0.2, 0) is 4.79 Å². The minimum absolute atomic E-state index is 0.139. The van der Waals surface area contributed by atoms with E-state index in [0.29, 0.717) is 16.7 Å². The molecule has 0 unspecified atom stereocenters. The van der Waals surface area contributed by atoms with Crippen molar-refractivity contribution >= 4 is 39.7 Å². The van der Waals surface area contributed by atoms with Gasteiger partial charge in [0.15, 0.2) is 0 Å². The van der Waals surface area contributed by atoms with Gasteiger partial charge in [-0.05, 0) is 29.0 Å². The minimum atomic E-state index is -0.377. The lowest BCUT2D eigenvalue weighted by Crippen LogP contribution is -2.20. The van der Waals surface area contributed by atoms with Gasteiger partial charge in [0.25, 0.3) is 0 Å². The molecule has 0 aliphatic heterocycles. The number of fused-ring (bicyclic) bond motifs is 3. The van der Waals surface area contributed by atoms with Crippen LogP contribution in [-0.4, -0.2) is 32.2 Å². The van der Waals surface area contributed by atoms with Crippen LogP contribution < -0.4 is 10.9 Å². The van der Waals surface area contributed by atoms with Crippen LogP contribution in [0.1, 0.15) is 12.5 Å². The number of carbonyl (C=O) groups excluding carboxylic acids is 1. The molecule has 2 heterocycles. The Kier molecular flexibility index (Phi) is 3.77. The number of hydrogen-bond acceptors (Lipinski definition) is 5. The molecule has 0 aliphatic rings. The summed E-state index contributed by atoms with van der Waals surface area (Å²) in [4.78, 5) is 27.6. The molecular weight excluding hydrogens is 332 g/mol. The van der Waals surface area contributed by atoms with Crippen LogP contribution in [0.5, 0.6) is 0 Å². The number of nitrogens with zero attached hydrogens (tertiary/aromatic N) is 4. The molecule has 0 bridgehead atoms. The monoisotopic (exact) mass is 346 g/mol. The Morgan fingerprint density at radius 1 is 1.19 bits per heavy atom. The van der Waals surface area contributed by atoms with Gasteiger partial charge in [0.2, 0.25) is 5.91 Å². The number of amides is 1. The van der Waals surface area contributed by atoms with E-state index in [1.807, 2.05) is 24.3 Å². The second-order valence-corrected chi connectivity index (χ2v) is 5.73. The van der Waals surface area contributed by atoms with Crippen molar-refractivity contribution in [1.29, 1.82) is 0 Å². The Balaban J connectivity index is 1.67. The Bertz CT molecular complexity index is 1200. The number of nitrogens with one attached hydrogen (secondary N) is 2. The van der Waals surface area contributed by atoms with Crippen molar-refractivity contribution in [3.63, 3.8) is 0 Å². The Labute approximate surface area is 147 Å². The zero-order valence-corrected chi connectivity index (χ0v) is 13.8. The summed E-state index contributed by atoms with van der Waals surface area (Å²) in [7, 11) is 0. The first kappa shape index (κ1) is 15.7. The molecule has 0 fully saturated rings. The lowest BCUT2D eigenvalue weighted by Gasteiger charge is -2.01. The quantitative estimate of drug-likeness (QED) is 0.554. The Morgan fingerprint density at radius 2 is 1.96 bits per heavy atom. The van der Waals surface area contributed by atoms with E-state index in [2.05, 4.69) is 25.7 Å². The van der Waals surface area contributed by atoms with Crippen LogP contribution in [0, 0.1) is 0 Å². The summed E-state index contributed by atoms with van der Waals surface area (Å²) in [5.41, 5.74) is 2.77. The fourth-order valence-electron chi connectivity index (χ4n) is 2.67. The summed E-state index contributed by atoms with van der Waals surface area (Å²) in [5, 5.41) is 15.6. The molecule has 0 aliphatic carbocycles. The third-order valence-electron chi connectivity index (χ3n) is 3.85.